The number of aromatic carboxylic acids is 1. The van der Waals surface area contributed by atoms with Gasteiger partial charge < -0.3 is 33.2 Å². The fraction of sp³-hybridized carbons (Fsp3) is 0.286. The van der Waals surface area contributed by atoms with Crippen molar-refractivity contribution in [3.63, 3.8) is 0 Å². The van der Waals surface area contributed by atoms with Crippen LogP contribution >= 0.6 is 0 Å². The van der Waals surface area contributed by atoms with E-state index in [1.54, 1.807) is 36.4 Å². The molecule has 1 amide bonds. The van der Waals surface area contributed by atoms with Gasteiger partial charge >= 0.3 is 71.1 Å². The van der Waals surface area contributed by atoms with Gasteiger partial charge in [0.1, 0.15) is 17.3 Å². The van der Waals surface area contributed by atoms with Gasteiger partial charge in [0, 0.05) is 29.4 Å². The van der Waals surface area contributed by atoms with Crippen molar-refractivity contribution < 1.29 is 106 Å². The second kappa shape index (κ2) is 18.8. The van der Waals surface area contributed by atoms with Crippen LogP contribution in [-0.4, -0.2) is 55.0 Å². The Hall–Kier alpha value is -2.87. The van der Waals surface area contributed by atoms with Gasteiger partial charge in [0.05, 0.1) is 24.2 Å². The van der Waals surface area contributed by atoms with Crippen LogP contribution in [0.2, 0.25) is 0 Å². The van der Waals surface area contributed by atoms with Crippen molar-refractivity contribution in [3.8, 4) is 22.3 Å². The molecule has 0 spiro atoms. The Morgan fingerprint density at radius 3 is 1.79 bits per heavy atom. The molecule has 0 radical (unpaired) electrons. The van der Waals surface area contributed by atoms with E-state index in [4.69, 9.17) is 5.11 Å². The van der Waals surface area contributed by atoms with Crippen molar-refractivity contribution in [2.45, 2.75) is 64.3 Å². The number of aliphatic carboxylic acids is 1. The van der Waals surface area contributed by atoms with Crippen LogP contribution in [0.1, 0.15) is 74.1 Å². The number of carbonyl (C=O) groups excluding carboxylic acids is 1. The molecule has 246 valence electrons. The third-order valence-corrected chi connectivity index (χ3v) is 7.63. The first-order valence-corrected chi connectivity index (χ1v) is 14.8. The van der Waals surface area contributed by atoms with Crippen LogP contribution in [0.4, 0.5) is 8.78 Å². The largest absolute Gasteiger partial charge is 1.00 e. The second-order valence-corrected chi connectivity index (χ2v) is 11.4. The maximum Gasteiger partial charge on any atom is 1.00 e. The first-order valence-electron chi connectivity index (χ1n) is 14.8. The van der Waals surface area contributed by atoms with E-state index in [0.717, 1.165) is 0 Å². The summed E-state index contributed by atoms with van der Waals surface area (Å²) in [5.41, 5.74) is 3.79. The van der Waals surface area contributed by atoms with Gasteiger partial charge in [-0.05, 0) is 86.2 Å². The number of carbonyl (C=O) groups is 3. The number of nitrogens with zero attached hydrogens (tertiary/aromatic N) is 1. The molecule has 48 heavy (non-hydrogen) atoms. The molecule has 4 rings (SSSR count). The molecule has 2 atom stereocenters. The Labute approximate surface area is 324 Å². The number of hydrogen-bond donors (Lipinski definition) is 5. The predicted octanol–water partition coefficient (Wildman–Crippen LogP) is 0.0616. The first kappa shape index (κ1) is 41.3. The Morgan fingerprint density at radius 1 is 0.792 bits per heavy atom. The van der Waals surface area contributed by atoms with Gasteiger partial charge in [-0.2, -0.15) is 0 Å². The monoisotopic (exact) mass is 682 g/mol. The minimum absolute atomic E-state index is 0. The molecule has 0 bridgehead atoms. The number of aromatic nitrogens is 1. The summed E-state index contributed by atoms with van der Waals surface area (Å²) in [7, 11) is 0. The summed E-state index contributed by atoms with van der Waals surface area (Å²) < 4.78 is 30.0. The molecule has 2 unspecified atom stereocenters. The van der Waals surface area contributed by atoms with Crippen molar-refractivity contribution in [1.29, 1.82) is 0 Å². The summed E-state index contributed by atoms with van der Waals surface area (Å²) in [5.74, 6) is -3.68. The van der Waals surface area contributed by atoms with E-state index >= 15 is 0 Å². The van der Waals surface area contributed by atoms with Gasteiger partial charge in [0.25, 0.3) is 5.91 Å². The van der Waals surface area contributed by atoms with Gasteiger partial charge in [-0.25, -0.2) is 13.6 Å². The smallest absolute Gasteiger partial charge is 1.00 e. The van der Waals surface area contributed by atoms with Crippen molar-refractivity contribution in [2.24, 2.45) is 0 Å². The van der Waals surface area contributed by atoms with E-state index in [-0.39, 0.29) is 105 Å². The van der Waals surface area contributed by atoms with Gasteiger partial charge in [-0.3, -0.25) is 9.59 Å². The van der Waals surface area contributed by atoms with Crippen LogP contribution in [0.15, 0.2) is 72.8 Å². The number of aliphatic hydroxyl groups is 2. The molecule has 1 heterocycles. The van der Waals surface area contributed by atoms with E-state index < -0.39 is 48.1 Å². The van der Waals surface area contributed by atoms with E-state index in [1.807, 2.05) is 18.4 Å². The molecule has 3 aromatic carbocycles. The molecule has 0 saturated carbocycles. The zero-order valence-corrected chi connectivity index (χ0v) is 31.4. The molecule has 0 aliphatic heterocycles. The average Bonchev–Trinajstić information content (AvgIpc) is 3.34. The fourth-order valence-corrected chi connectivity index (χ4v) is 5.55. The third-order valence-electron chi connectivity index (χ3n) is 7.63. The van der Waals surface area contributed by atoms with Crippen LogP contribution in [-0.2, 0) is 17.8 Å². The van der Waals surface area contributed by atoms with Crippen molar-refractivity contribution in [2.75, 3.05) is 0 Å². The van der Waals surface area contributed by atoms with Gasteiger partial charge in [0.15, 0.2) is 0 Å². The third kappa shape index (κ3) is 10.6. The molecule has 1 aromatic heterocycles. The van der Waals surface area contributed by atoms with E-state index in [9.17, 15) is 38.5 Å². The van der Waals surface area contributed by atoms with Crippen molar-refractivity contribution in [3.05, 3.63) is 107 Å². The van der Waals surface area contributed by atoms with Crippen molar-refractivity contribution >= 4 is 17.8 Å². The summed E-state index contributed by atoms with van der Waals surface area (Å²) in [5, 5.41) is 41.9. The van der Waals surface area contributed by atoms with Crippen LogP contribution in [0.5, 0.6) is 0 Å². The SMILES string of the molecule is CC(C)n1c(CCC(O)CC(O)CC(=O)O)c(-c2ccc(F)cc2)c(-c2ccc(F)cc2)c1C(=O)NCc1ccc(C(=O)O)cc1.[H-].[H-].[Na+].[Na+]. The minimum Gasteiger partial charge on any atom is -1.00 e. The van der Waals surface area contributed by atoms with Crippen LogP contribution < -0.4 is 64.4 Å². The number of halogens is 2. The second-order valence-electron chi connectivity index (χ2n) is 11.4. The number of nitrogens with one attached hydrogen (secondary N) is 1. The molecule has 5 N–H and O–H groups in total. The van der Waals surface area contributed by atoms with Crippen LogP contribution in [0.25, 0.3) is 22.3 Å². The summed E-state index contributed by atoms with van der Waals surface area (Å²) >= 11 is 0. The number of aliphatic hydroxyl groups excluding tert-OH is 2. The first-order chi connectivity index (χ1) is 21.8. The zero-order chi connectivity index (χ0) is 33.5. The summed E-state index contributed by atoms with van der Waals surface area (Å²) in [6, 6.07) is 17.1. The van der Waals surface area contributed by atoms with Crippen LogP contribution in [0.3, 0.4) is 0 Å². The summed E-state index contributed by atoms with van der Waals surface area (Å²) in [4.78, 5) is 36.4. The Balaban J connectivity index is 0.00000600. The van der Waals surface area contributed by atoms with Gasteiger partial charge in [-0.1, -0.05) is 36.4 Å². The zero-order valence-electron chi connectivity index (χ0n) is 29.4. The van der Waals surface area contributed by atoms with Crippen LogP contribution in [0, 0.1) is 11.6 Å². The average molecular weight is 683 g/mol. The minimum atomic E-state index is -1.25. The Morgan fingerprint density at radius 2 is 1.31 bits per heavy atom. The molecular formula is C35H38F2N2Na2O7. The molecule has 0 aliphatic carbocycles. The molecule has 13 heteroatoms. The maximum atomic E-state index is 14.1. The molecule has 0 fully saturated rings. The van der Waals surface area contributed by atoms with Gasteiger partial charge in [-0.15, -0.1) is 0 Å². The molecule has 0 aliphatic rings. The number of hydrogen-bond acceptors (Lipinski definition) is 5. The van der Waals surface area contributed by atoms with Crippen molar-refractivity contribution in [1.82, 2.24) is 9.88 Å². The maximum absolute atomic E-state index is 14.1. The quantitative estimate of drug-likeness (QED) is 0.118. The number of benzene rings is 3. The number of amides is 1. The van der Waals surface area contributed by atoms with E-state index in [0.29, 0.717) is 33.5 Å². The molecule has 0 saturated heterocycles. The normalized spacial score (nSPS) is 12.1. The standard InChI is InChI=1S/C35H36F2N2O7.2Na.2H/c1-20(2)39-29(16-15-27(40)17-28(41)18-30(42)43)31(22-7-11-25(36)12-8-22)32(23-9-13-26(37)14-10-23)33(39)34(44)38-19-21-3-5-24(6-4-21)35(45)46;;;;/h3-14,20,27-28,40-41H,15-19H2,1-2H3,(H,38,44)(H,42,43)(H,45,46);;;;/q;2*+1;2*-1. The Kier molecular flexibility index (Phi) is 16.2. The number of carboxylic acid groups (broad SMARTS) is 2. The van der Waals surface area contributed by atoms with E-state index in [1.165, 1.54) is 36.4 Å². The molecular weight excluding hydrogens is 644 g/mol. The topological polar surface area (TPSA) is 149 Å². The molecule has 4 aromatic rings. The molecule has 9 nitrogen and oxygen atoms in total. The van der Waals surface area contributed by atoms with Gasteiger partial charge in [0.2, 0.25) is 0 Å². The summed E-state index contributed by atoms with van der Waals surface area (Å²) in [6.07, 6.45) is -2.68. The predicted molar refractivity (Wildman–Crippen MR) is 170 cm³/mol. The number of rotatable bonds is 14. The Bertz CT molecular complexity index is 1710. The summed E-state index contributed by atoms with van der Waals surface area (Å²) in [6.45, 7) is 3.83. The fourth-order valence-electron chi connectivity index (χ4n) is 5.55. The van der Waals surface area contributed by atoms with E-state index in [2.05, 4.69) is 5.32 Å². The number of carboxylic acids is 2.